The minimum atomic E-state index is -0.388. The van der Waals surface area contributed by atoms with Crippen molar-refractivity contribution < 1.29 is 4.79 Å². The maximum absolute atomic E-state index is 12.8. The maximum atomic E-state index is 12.8. The number of Topliss-reactive ketones (excluding diaryl/α,β-unsaturated/α-hetero) is 1. The second-order valence-corrected chi connectivity index (χ2v) is 8.27. The summed E-state index contributed by atoms with van der Waals surface area (Å²) in [5.74, 6) is 0.889. The van der Waals surface area contributed by atoms with Crippen LogP contribution < -0.4 is 0 Å². The predicted octanol–water partition coefficient (Wildman–Crippen LogP) is 5.62. The van der Waals surface area contributed by atoms with E-state index in [-0.39, 0.29) is 10.1 Å². The fraction of sp³-hybridized carbons (Fsp3) is 0.471. The van der Waals surface area contributed by atoms with Gasteiger partial charge in [-0.15, -0.1) is 0 Å². The first kappa shape index (κ1) is 16.0. The molecule has 2 atom stereocenters. The highest BCUT2D eigenvalue weighted by molar-refractivity contribution is 9.10. The molecule has 2 rings (SSSR count). The molecule has 1 aliphatic rings. The van der Waals surface area contributed by atoms with Gasteiger partial charge in [-0.3, -0.25) is 4.79 Å². The van der Waals surface area contributed by atoms with Crippen LogP contribution in [0.1, 0.15) is 39.2 Å². The second kappa shape index (κ2) is 6.15. The number of benzene rings is 1. The van der Waals surface area contributed by atoms with Crippen molar-refractivity contribution >= 4 is 43.7 Å². The summed E-state index contributed by atoms with van der Waals surface area (Å²) in [6.45, 7) is 6.37. The Labute approximate surface area is 138 Å². The Hall–Kier alpha value is -0.410. The molecule has 0 spiro atoms. The van der Waals surface area contributed by atoms with E-state index in [0.717, 1.165) is 28.5 Å². The molecule has 0 amide bonds. The van der Waals surface area contributed by atoms with Crippen LogP contribution in [-0.4, -0.2) is 10.1 Å². The van der Waals surface area contributed by atoms with Gasteiger partial charge in [-0.1, -0.05) is 64.8 Å². The van der Waals surface area contributed by atoms with E-state index in [9.17, 15) is 4.79 Å². The Morgan fingerprint density at radius 2 is 1.90 bits per heavy atom. The normalized spacial score (nSPS) is 29.2. The molecule has 108 valence electrons. The highest BCUT2D eigenvalue weighted by Gasteiger charge is 2.44. The minimum absolute atomic E-state index is 0.258. The van der Waals surface area contributed by atoms with Crippen LogP contribution in [-0.2, 0) is 4.79 Å². The molecule has 0 N–H and O–H groups in total. The molecule has 0 bridgehead atoms. The molecule has 20 heavy (non-hydrogen) atoms. The Morgan fingerprint density at radius 1 is 1.30 bits per heavy atom. The van der Waals surface area contributed by atoms with E-state index in [0.29, 0.717) is 11.8 Å². The Bertz CT molecular complexity index is 530. The Morgan fingerprint density at radius 3 is 2.45 bits per heavy atom. The molecule has 0 heterocycles. The average molecular weight is 400 g/mol. The molecule has 0 aromatic heterocycles. The zero-order valence-electron chi connectivity index (χ0n) is 12.1. The van der Waals surface area contributed by atoms with Gasteiger partial charge in [-0.2, -0.15) is 0 Å². The number of ketones is 1. The zero-order chi connectivity index (χ0) is 14.9. The highest BCUT2D eigenvalue weighted by atomic mass is 79.9. The average Bonchev–Trinajstić information content (AvgIpc) is 2.41. The van der Waals surface area contributed by atoms with Gasteiger partial charge in [0.1, 0.15) is 0 Å². The third kappa shape index (κ3) is 3.09. The summed E-state index contributed by atoms with van der Waals surface area (Å²) in [5, 5.41) is 0. The van der Waals surface area contributed by atoms with Crippen molar-refractivity contribution in [2.24, 2.45) is 11.8 Å². The number of carbonyl (C=O) groups excluding carboxylic acids is 1. The Balaban J connectivity index is 2.37. The van der Waals surface area contributed by atoms with E-state index in [1.165, 1.54) is 0 Å². The van der Waals surface area contributed by atoms with Crippen LogP contribution in [0.15, 0.2) is 34.3 Å². The summed E-state index contributed by atoms with van der Waals surface area (Å²) < 4.78 is 0.667. The van der Waals surface area contributed by atoms with E-state index in [2.05, 4.69) is 58.7 Å². The smallest absolute Gasteiger partial charge is 0.176 e. The SMILES string of the molecule is CC(C)[C@@]1(Br)CC[C@H](C)/C(=C\c2ccc(Br)cc2)C1=O. The second-order valence-electron chi connectivity index (χ2n) is 5.94. The maximum Gasteiger partial charge on any atom is 0.176 e. The van der Waals surface area contributed by atoms with E-state index in [1.807, 2.05) is 24.3 Å². The number of rotatable bonds is 2. The standard InChI is InChI=1S/C17H20Br2O/c1-11(2)17(19)9-8-12(3)15(16(17)20)10-13-4-6-14(18)7-5-13/h4-7,10-12H,8-9H2,1-3H3/b15-10+/t12-,17-/m0/s1. The summed E-state index contributed by atoms with van der Waals surface area (Å²) in [6, 6.07) is 8.09. The molecule has 0 unspecified atom stereocenters. The topological polar surface area (TPSA) is 17.1 Å². The summed E-state index contributed by atoms with van der Waals surface area (Å²) >= 11 is 7.16. The van der Waals surface area contributed by atoms with Gasteiger partial charge in [0.05, 0.1) is 4.32 Å². The number of allylic oxidation sites excluding steroid dienone is 1. The first-order valence-corrected chi connectivity index (χ1v) is 8.64. The molecule has 1 aromatic carbocycles. The van der Waals surface area contributed by atoms with Gasteiger partial charge in [0.25, 0.3) is 0 Å². The van der Waals surface area contributed by atoms with Gasteiger partial charge < -0.3 is 0 Å². The molecular weight excluding hydrogens is 380 g/mol. The van der Waals surface area contributed by atoms with Gasteiger partial charge in [0.2, 0.25) is 0 Å². The van der Waals surface area contributed by atoms with Crippen molar-refractivity contribution in [1.29, 1.82) is 0 Å². The molecule has 1 saturated carbocycles. The zero-order valence-corrected chi connectivity index (χ0v) is 15.3. The van der Waals surface area contributed by atoms with Crippen molar-refractivity contribution in [3.63, 3.8) is 0 Å². The van der Waals surface area contributed by atoms with Crippen LogP contribution in [0.25, 0.3) is 6.08 Å². The molecule has 0 radical (unpaired) electrons. The lowest BCUT2D eigenvalue weighted by Crippen LogP contribution is -2.43. The van der Waals surface area contributed by atoms with Crippen molar-refractivity contribution in [2.75, 3.05) is 0 Å². The third-order valence-corrected chi connectivity index (χ3v) is 6.42. The first-order chi connectivity index (χ1) is 9.34. The first-order valence-electron chi connectivity index (χ1n) is 7.05. The van der Waals surface area contributed by atoms with Crippen LogP contribution in [0.4, 0.5) is 0 Å². The molecule has 3 heteroatoms. The monoisotopic (exact) mass is 398 g/mol. The molecule has 0 saturated heterocycles. The lowest BCUT2D eigenvalue weighted by atomic mass is 9.73. The Kier molecular flexibility index (Phi) is 4.91. The van der Waals surface area contributed by atoms with E-state index >= 15 is 0 Å². The third-order valence-electron chi connectivity index (χ3n) is 4.22. The molecule has 1 fully saturated rings. The predicted molar refractivity (Wildman–Crippen MR) is 92.0 cm³/mol. The molecule has 1 aliphatic carbocycles. The van der Waals surface area contributed by atoms with Crippen molar-refractivity contribution in [2.45, 2.75) is 37.9 Å². The number of hydrogen-bond donors (Lipinski definition) is 0. The molecule has 0 aliphatic heterocycles. The highest BCUT2D eigenvalue weighted by Crippen LogP contribution is 2.44. The molecule has 1 nitrogen and oxygen atoms in total. The fourth-order valence-corrected chi connectivity index (χ4v) is 3.38. The number of hydrogen-bond acceptors (Lipinski definition) is 1. The summed E-state index contributed by atoms with van der Waals surface area (Å²) in [5.41, 5.74) is 2.04. The van der Waals surface area contributed by atoms with Crippen LogP contribution in [0, 0.1) is 11.8 Å². The number of alkyl halides is 1. The summed E-state index contributed by atoms with van der Waals surface area (Å²) in [7, 11) is 0. The van der Waals surface area contributed by atoms with E-state index < -0.39 is 0 Å². The lowest BCUT2D eigenvalue weighted by Gasteiger charge is -2.38. The fourth-order valence-electron chi connectivity index (χ4n) is 2.66. The number of halogens is 2. The van der Waals surface area contributed by atoms with Crippen molar-refractivity contribution in [1.82, 2.24) is 0 Å². The molecule has 1 aromatic rings. The van der Waals surface area contributed by atoms with Gasteiger partial charge >= 0.3 is 0 Å². The van der Waals surface area contributed by atoms with Gasteiger partial charge in [-0.25, -0.2) is 0 Å². The van der Waals surface area contributed by atoms with Crippen LogP contribution >= 0.6 is 31.9 Å². The van der Waals surface area contributed by atoms with E-state index in [1.54, 1.807) is 0 Å². The quantitative estimate of drug-likeness (QED) is 0.465. The largest absolute Gasteiger partial charge is 0.293 e. The summed E-state index contributed by atoms with van der Waals surface area (Å²) in [4.78, 5) is 12.8. The van der Waals surface area contributed by atoms with Crippen molar-refractivity contribution in [3.8, 4) is 0 Å². The van der Waals surface area contributed by atoms with Gasteiger partial charge in [0, 0.05) is 10.0 Å². The van der Waals surface area contributed by atoms with Crippen LogP contribution in [0.5, 0.6) is 0 Å². The minimum Gasteiger partial charge on any atom is -0.293 e. The van der Waals surface area contributed by atoms with E-state index in [4.69, 9.17) is 0 Å². The van der Waals surface area contributed by atoms with Crippen LogP contribution in [0.3, 0.4) is 0 Å². The lowest BCUT2D eigenvalue weighted by molar-refractivity contribution is -0.120. The molecular formula is C17H20Br2O. The van der Waals surface area contributed by atoms with Gasteiger partial charge in [0.15, 0.2) is 5.78 Å². The summed E-state index contributed by atoms with van der Waals surface area (Å²) in [6.07, 6.45) is 4.02. The van der Waals surface area contributed by atoms with Crippen molar-refractivity contribution in [3.05, 3.63) is 39.9 Å². The van der Waals surface area contributed by atoms with Gasteiger partial charge in [-0.05, 0) is 48.4 Å². The number of carbonyl (C=O) groups is 1. The van der Waals surface area contributed by atoms with Crippen LogP contribution in [0.2, 0.25) is 0 Å².